The molecule has 0 spiro atoms. The fourth-order valence-electron chi connectivity index (χ4n) is 5.81. The fourth-order valence-corrected chi connectivity index (χ4v) is 5.81. The van der Waals surface area contributed by atoms with Gasteiger partial charge < -0.3 is 39.4 Å². The average molecular weight is 666 g/mol. The first-order valence-corrected chi connectivity index (χ1v) is 16.7. The second-order valence-electron chi connectivity index (χ2n) is 12.8. The minimum Gasteiger partial charge on any atom is -0.497 e. The number of aromatic nitrogens is 1. The Labute approximate surface area is 283 Å². The zero-order chi connectivity index (χ0) is 34.8. The number of aryl methyl sites for hydroxylation is 2. The van der Waals surface area contributed by atoms with Gasteiger partial charge in [-0.05, 0) is 89.9 Å². The SMILES string of the molecule is COc1ccc(CN(C)C[C@@H]2OCCCC[C@@H](C)Oc3ccc(NC(=O)Nc4c(C)noc4C)cc3C(=O)N([C@H](C)CO)C[C@H]2C)cc1. The molecule has 0 aliphatic carbocycles. The molecule has 48 heavy (non-hydrogen) atoms. The summed E-state index contributed by atoms with van der Waals surface area (Å²) in [6.45, 7) is 11.5. The fraction of sp³-hybridized carbons (Fsp3) is 0.528. The summed E-state index contributed by atoms with van der Waals surface area (Å²) >= 11 is 0. The van der Waals surface area contributed by atoms with Gasteiger partial charge in [-0.2, -0.15) is 0 Å². The van der Waals surface area contributed by atoms with Gasteiger partial charge in [-0.1, -0.05) is 24.2 Å². The standard InChI is InChI=1S/C36H51N5O7/c1-23-19-41(24(2)22-42)35(43)31-18-29(37-36(44)38-34-26(4)39-48-27(34)5)13-16-32(31)47-25(3)10-8-9-17-46-33(23)21-40(6)20-28-11-14-30(45-7)15-12-28/h11-16,18,23-25,33,42H,8-10,17,19-22H2,1-7H3,(H2,37,38,44)/t23-,24-,25-,33+/m1/s1. The smallest absolute Gasteiger partial charge is 0.323 e. The summed E-state index contributed by atoms with van der Waals surface area (Å²) in [6, 6.07) is 12.1. The number of nitrogens with zero attached hydrogens (tertiary/aromatic N) is 3. The van der Waals surface area contributed by atoms with Crippen molar-refractivity contribution in [2.24, 2.45) is 5.92 Å². The number of benzene rings is 2. The van der Waals surface area contributed by atoms with E-state index in [1.165, 1.54) is 0 Å². The van der Waals surface area contributed by atoms with Gasteiger partial charge in [0.2, 0.25) is 0 Å². The lowest BCUT2D eigenvalue weighted by Crippen LogP contribution is -2.47. The topological polar surface area (TPSA) is 139 Å². The van der Waals surface area contributed by atoms with Crippen LogP contribution < -0.4 is 20.1 Å². The molecule has 2 aromatic carbocycles. The second-order valence-corrected chi connectivity index (χ2v) is 12.8. The van der Waals surface area contributed by atoms with Gasteiger partial charge in [0, 0.05) is 37.8 Å². The third-order valence-corrected chi connectivity index (χ3v) is 8.68. The number of likely N-dealkylation sites (N-methyl/N-ethyl adjacent to an activating group) is 1. The molecule has 0 radical (unpaired) electrons. The molecule has 1 aliphatic rings. The van der Waals surface area contributed by atoms with Crippen molar-refractivity contribution in [3.8, 4) is 11.5 Å². The monoisotopic (exact) mass is 665 g/mol. The van der Waals surface area contributed by atoms with Crippen LogP contribution in [0, 0.1) is 19.8 Å². The number of fused-ring (bicyclic) bond motifs is 1. The van der Waals surface area contributed by atoms with Crippen molar-refractivity contribution in [3.63, 3.8) is 0 Å². The summed E-state index contributed by atoms with van der Waals surface area (Å²) in [4.78, 5) is 31.2. The van der Waals surface area contributed by atoms with Gasteiger partial charge in [0.05, 0.1) is 37.5 Å². The summed E-state index contributed by atoms with van der Waals surface area (Å²) in [5, 5.41) is 19.7. The molecular formula is C36H51N5O7. The molecule has 12 nitrogen and oxygen atoms in total. The predicted octanol–water partition coefficient (Wildman–Crippen LogP) is 5.87. The highest BCUT2D eigenvalue weighted by Gasteiger charge is 2.30. The number of urea groups is 1. The third kappa shape index (κ3) is 9.94. The number of hydrogen-bond acceptors (Lipinski definition) is 9. The Hall–Kier alpha value is -4.13. The van der Waals surface area contributed by atoms with Crippen LogP contribution in [0.2, 0.25) is 0 Å². The average Bonchev–Trinajstić information content (AvgIpc) is 3.38. The van der Waals surface area contributed by atoms with Crippen molar-refractivity contribution >= 4 is 23.3 Å². The molecule has 3 aromatic rings. The Balaban J connectivity index is 1.58. The van der Waals surface area contributed by atoms with E-state index in [1.54, 1.807) is 44.1 Å². The maximum atomic E-state index is 14.4. The lowest BCUT2D eigenvalue weighted by molar-refractivity contribution is -0.0177. The van der Waals surface area contributed by atoms with Crippen LogP contribution in [0.4, 0.5) is 16.2 Å². The van der Waals surface area contributed by atoms with Crippen molar-refractivity contribution in [3.05, 3.63) is 65.0 Å². The zero-order valence-corrected chi connectivity index (χ0v) is 29.2. The summed E-state index contributed by atoms with van der Waals surface area (Å²) in [7, 11) is 3.72. The maximum absolute atomic E-state index is 14.4. The quantitative estimate of drug-likeness (QED) is 0.256. The second kappa shape index (κ2) is 17.3. The third-order valence-electron chi connectivity index (χ3n) is 8.68. The van der Waals surface area contributed by atoms with E-state index >= 15 is 0 Å². The molecule has 0 saturated heterocycles. The molecule has 0 bridgehead atoms. The lowest BCUT2D eigenvalue weighted by Gasteiger charge is -2.36. The van der Waals surface area contributed by atoms with Crippen LogP contribution in [-0.4, -0.2) is 90.7 Å². The highest BCUT2D eigenvalue weighted by atomic mass is 16.5. The molecule has 0 saturated carbocycles. The summed E-state index contributed by atoms with van der Waals surface area (Å²) in [5.74, 6) is 1.37. The molecule has 4 rings (SSSR count). The first-order chi connectivity index (χ1) is 23.0. The summed E-state index contributed by atoms with van der Waals surface area (Å²) in [6.07, 6.45) is 2.25. The van der Waals surface area contributed by atoms with Crippen LogP contribution in [0.1, 0.15) is 67.4 Å². The van der Waals surface area contributed by atoms with E-state index in [4.69, 9.17) is 18.7 Å². The first kappa shape index (κ1) is 36.7. The van der Waals surface area contributed by atoms with Gasteiger partial charge in [-0.25, -0.2) is 4.79 Å². The van der Waals surface area contributed by atoms with Crippen LogP contribution in [-0.2, 0) is 11.3 Å². The van der Waals surface area contributed by atoms with Gasteiger partial charge in [-0.3, -0.25) is 9.69 Å². The summed E-state index contributed by atoms with van der Waals surface area (Å²) in [5.41, 5.74) is 2.92. The number of nitrogens with one attached hydrogen (secondary N) is 2. The Morgan fingerprint density at radius 2 is 1.90 bits per heavy atom. The number of aliphatic hydroxyl groups excluding tert-OH is 1. The normalized spacial score (nSPS) is 20.0. The van der Waals surface area contributed by atoms with Gasteiger partial charge in [0.25, 0.3) is 5.91 Å². The van der Waals surface area contributed by atoms with Crippen molar-refractivity contribution in [1.82, 2.24) is 15.0 Å². The number of carbonyl (C=O) groups is 2. The molecule has 3 N–H and O–H groups in total. The van der Waals surface area contributed by atoms with Crippen LogP contribution in [0.3, 0.4) is 0 Å². The number of methoxy groups -OCH3 is 1. The molecule has 1 aliphatic heterocycles. The van der Waals surface area contributed by atoms with E-state index in [9.17, 15) is 14.7 Å². The Morgan fingerprint density at radius 1 is 1.15 bits per heavy atom. The van der Waals surface area contributed by atoms with Crippen LogP contribution in [0.15, 0.2) is 47.0 Å². The number of aliphatic hydroxyl groups is 1. The maximum Gasteiger partial charge on any atom is 0.323 e. The van der Waals surface area contributed by atoms with E-state index in [-0.39, 0.29) is 30.6 Å². The highest BCUT2D eigenvalue weighted by molar-refractivity contribution is 6.03. The number of hydrogen-bond donors (Lipinski definition) is 3. The van der Waals surface area contributed by atoms with E-state index < -0.39 is 12.1 Å². The van der Waals surface area contributed by atoms with Crippen LogP contribution in [0.25, 0.3) is 0 Å². The minimum atomic E-state index is -0.500. The molecular weight excluding hydrogens is 614 g/mol. The van der Waals surface area contributed by atoms with Gasteiger partial charge in [0.1, 0.15) is 22.9 Å². The first-order valence-electron chi connectivity index (χ1n) is 16.7. The van der Waals surface area contributed by atoms with Crippen LogP contribution in [0.5, 0.6) is 11.5 Å². The summed E-state index contributed by atoms with van der Waals surface area (Å²) < 4.78 is 23.3. The van der Waals surface area contributed by atoms with Gasteiger partial charge in [-0.15, -0.1) is 0 Å². The molecule has 12 heteroatoms. The lowest BCUT2D eigenvalue weighted by atomic mass is 10.0. The van der Waals surface area contributed by atoms with E-state index in [2.05, 4.69) is 46.8 Å². The zero-order valence-electron chi connectivity index (χ0n) is 29.2. The largest absolute Gasteiger partial charge is 0.497 e. The number of amides is 3. The number of anilines is 2. The molecule has 3 amide bonds. The number of ether oxygens (including phenoxy) is 3. The minimum absolute atomic E-state index is 0.0605. The van der Waals surface area contributed by atoms with Crippen molar-refractivity contribution in [2.45, 2.75) is 78.7 Å². The van der Waals surface area contributed by atoms with Gasteiger partial charge >= 0.3 is 6.03 Å². The van der Waals surface area contributed by atoms with Crippen molar-refractivity contribution in [2.75, 3.05) is 51.1 Å². The number of rotatable bonds is 9. The van der Waals surface area contributed by atoms with E-state index in [1.807, 2.05) is 26.0 Å². The van der Waals surface area contributed by atoms with Gasteiger partial charge in [0.15, 0.2) is 5.76 Å². The van der Waals surface area contributed by atoms with Crippen molar-refractivity contribution < 1.29 is 33.4 Å². The van der Waals surface area contributed by atoms with E-state index in [0.717, 1.165) is 37.1 Å². The molecule has 0 fully saturated rings. The molecule has 4 atom stereocenters. The van der Waals surface area contributed by atoms with E-state index in [0.29, 0.717) is 53.8 Å². The molecule has 262 valence electrons. The number of carbonyl (C=O) groups excluding carboxylic acids is 2. The predicted molar refractivity (Wildman–Crippen MR) is 185 cm³/mol. The van der Waals surface area contributed by atoms with Crippen LogP contribution >= 0.6 is 0 Å². The highest BCUT2D eigenvalue weighted by Crippen LogP contribution is 2.29. The van der Waals surface area contributed by atoms with Crippen molar-refractivity contribution in [1.29, 1.82) is 0 Å². The molecule has 2 heterocycles. The molecule has 1 aromatic heterocycles. The Kier molecular flexibility index (Phi) is 13.2. The molecule has 0 unspecified atom stereocenters. The Bertz CT molecular complexity index is 1470. The Morgan fingerprint density at radius 3 is 2.56 bits per heavy atom.